The average molecular weight is 590 g/mol. The third-order valence-corrected chi connectivity index (χ3v) is 8.46. The van der Waals surface area contributed by atoms with E-state index in [2.05, 4.69) is 41.8 Å². The van der Waals surface area contributed by atoms with Crippen LogP contribution in [0.2, 0.25) is 0 Å². The van der Waals surface area contributed by atoms with E-state index in [0.29, 0.717) is 42.9 Å². The summed E-state index contributed by atoms with van der Waals surface area (Å²) in [7, 11) is -4.40. The van der Waals surface area contributed by atoms with Crippen molar-refractivity contribution in [2.75, 3.05) is 6.61 Å². The zero-order chi connectivity index (χ0) is 28.8. The summed E-state index contributed by atoms with van der Waals surface area (Å²) in [6.07, 6.45) is 3.88. The van der Waals surface area contributed by atoms with Gasteiger partial charge in [-0.3, -0.25) is 4.79 Å². The number of hydrogen-bond donors (Lipinski definition) is 1. The summed E-state index contributed by atoms with van der Waals surface area (Å²) in [5.41, 5.74) is 3.89. The Kier molecular flexibility index (Phi) is 8.56. The molecule has 0 saturated heterocycles. The first-order valence-corrected chi connectivity index (χ1v) is 15.1. The minimum absolute atomic E-state index is 0.387. The molecule has 0 unspecified atom stereocenters. The van der Waals surface area contributed by atoms with E-state index in [1.54, 1.807) is 17.4 Å². The first-order chi connectivity index (χ1) is 19.8. The molecule has 1 amide bonds. The second kappa shape index (κ2) is 12.4. The average Bonchev–Trinajstić information content (AvgIpc) is 3.47. The van der Waals surface area contributed by atoms with Crippen LogP contribution in [0.1, 0.15) is 22.3 Å². The fourth-order valence-electron chi connectivity index (χ4n) is 4.29. The van der Waals surface area contributed by atoms with Gasteiger partial charge in [-0.05, 0) is 81.1 Å². The Morgan fingerprint density at radius 3 is 2.44 bits per heavy atom. The van der Waals surface area contributed by atoms with Gasteiger partial charge in [0.1, 0.15) is 5.75 Å². The van der Waals surface area contributed by atoms with Crippen molar-refractivity contribution in [2.45, 2.75) is 17.7 Å². The van der Waals surface area contributed by atoms with Crippen molar-refractivity contribution in [2.24, 2.45) is 0 Å². The number of hydrogen-bond acceptors (Lipinski definition) is 5. The van der Waals surface area contributed by atoms with Gasteiger partial charge in [0, 0.05) is 18.1 Å². The first-order valence-electron chi connectivity index (χ1n) is 12.7. The molecule has 0 atom stereocenters. The third-order valence-electron chi connectivity index (χ3n) is 6.38. The smallest absolute Gasteiger partial charge is 0.264 e. The van der Waals surface area contributed by atoms with Crippen molar-refractivity contribution < 1.29 is 26.7 Å². The molecule has 1 aromatic heterocycles. The van der Waals surface area contributed by atoms with E-state index in [0.717, 1.165) is 34.0 Å². The summed E-state index contributed by atoms with van der Waals surface area (Å²) < 4.78 is 59.6. The van der Waals surface area contributed by atoms with Crippen molar-refractivity contribution in [3.8, 4) is 5.75 Å². The van der Waals surface area contributed by atoms with Crippen LogP contribution in [0, 0.1) is 11.6 Å². The number of halogens is 2. The van der Waals surface area contributed by atoms with Crippen molar-refractivity contribution in [1.29, 1.82) is 0 Å². The third kappa shape index (κ3) is 7.25. The van der Waals surface area contributed by atoms with Crippen LogP contribution in [0.5, 0.6) is 5.75 Å². The van der Waals surface area contributed by atoms with Crippen LogP contribution in [0.15, 0.2) is 107 Å². The predicted molar refractivity (Wildman–Crippen MR) is 157 cm³/mol. The van der Waals surface area contributed by atoms with Gasteiger partial charge in [-0.15, -0.1) is 0 Å². The molecule has 0 aliphatic carbocycles. The lowest BCUT2D eigenvalue weighted by Crippen LogP contribution is -2.29. The van der Waals surface area contributed by atoms with E-state index >= 15 is 0 Å². The molecule has 9 heteroatoms. The number of amides is 1. The lowest BCUT2D eigenvalue weighted by molar-refractivity contribution is -0.114. The number of benzene rings is 4. The van der Waals surface area contributed by atoms with Crippen molar-refractivity contribution in [3.05, 3.63) is 136 Å². The fraction of sp³-hybridized carbons (Fsp3) is 0.0938. The van der Waals surface area contributed by atoms with Gasteiger partial charge in [-0.25, -0.2) is 21.9 Å². The number of thiophene rings is 1. The Bertz CT molecular complexity index is 1830. The fourth-order valence-corrected chi connectivity index (χ4v) is 5.91. The molecule has 1 N–H and O–H groups in total. The van der Waals surface area contributed by atoms with Gasteiger partial charge in [-0.1, -0.05) is 54.6 Å². The van der Waals surface area contributed by atoms with Crippen LogP contribution in [-0.4, -0.2) is 20.9 Å². The maximum atomic E-state index is 13.5. The second-order valence-corrected chi connectivity index (χ2v) is 11.8. The van der Waals surface area contributed by atoms with Crippen molar-refractivity contribution in [3.63, 3.8) is 0 Å². The quantitative estimate of drug-likeness (QED) is 0.180. The molecule has 0 aliphatic rings. The summed E-state index contributed by atoms with van der Waals surface area (Å²) in [6.45, 7) is 0.387. The predicted octanol–water partition coefficient (Wildman–Crippen LogP) is 6.91. The van der Waals surface area contributed by atoms with Crippen LogP contribution in [0.25, 0.3) is 16.8 Å². The molecular formula is C32H25F2NO4S2. The molecule has 0 aliphatic heterocycles. The Labute approximate surface area is 240 Å². The number of nitrogens with one attached hydrogen (secondary N) is 1. The highest BCUT2D eigenvalue weighted by Gasteiger charge is 2.18. The molecule has 1 heterocycles. The number of carbonyl (C=O) groups excluding carboxylic acids is 1. The van der Waals surface area contributed by atoms with E-state index in [-0.39, 0.29) is 0 Å². The Morgan fingerprint density at radius 1 is 0.854 bits per heavy atom. The van der Waals surface area contributed by atoms with Gasteiger partial charge in [-0.2, -0.15) is 11.3 Å². The molecule has 41 heavy (non-hydrogen) atoms. The largest absolute Gasteiger partial charge is 0.493 e. The van der Waals surface area contributed by atoms with Crippen LogP contribution in [0.4, 0.5) is 8.78 Å². The molecule has 0 spiro atoms. The summed E-state index contributed by atoms with van der Waals surface area (Å²) in [5.74, 6) is -2.92. The van der Waals surface area contributed by atoms with Crippen molar-refractivity contribution >= 4 is 44.1 Å². The van der Waals surface area contributed by atoms with Gasteiger partial charge >= 0.3 is 0 Å². The molecule has 0 saturated carbocycles. The molecule has 5 nitrogen and oxygen atoms in total. The molecule has 208 valence electrons. The summed E-state index contributed by atoms with van der Waals surface area (Å²) in [4.78, 5) is 11.9. The van der Waals surface area contributed by atoms with E-state index in [9.17, 15) is 22.0 Å². The van der Waals surface area contributed by atoms with E-state index in [1.165, 1.54) is 11.6 Å². The Morgan fingerprint density at radius 2 is 1.66 bits per heavy atom. The van der Waals surface area contributed by atoms with E-state index < -0.39 is 32.5 Å². The highest BCUT2D eigenvalue weighted by molar-refractivity contribution is 7.90. The van der Waals surface area contributed by atoms with Gasteiger partial charge in [0.2, 0.25) is 0 Å². The molecular weight excluding hydrogens is 564 g/mol. The highest BCUT2D eigenvalue weighted by atomic mass is 32.2. The maximum Gasteiger partial charge on any atom is 0.264 e. The van der Waals surface area contributed by atoms with Crippen LogP contribution < -0.4 is 9.46 Å². The molecule has 4 aromatic carbocycles. The van der Waals surface area contributed by atoms with E-state index in [1.807, 2.05) is 34.4 Å². The second-order valence-electron chi connectivity index (χ2n) is 9.34. The minimum Gasteiger partial charge on any atom is -0.493 e. The van der Waals surface area contributed by atoms with Crippen LogP contribution in [-0.2, 0) is 27.7 Å². The monoisotopic (exact) mass is 589 g/mol. The molecule has 0 fully saturated rings. The van der Waals surface area contributed by atoms with Gasteiger partial charge in [0.25, 0.3) is 15.9 Å². The number of carbonyl (C=O) groups is 1. The maximum absolute atomic E-state index is 13.5. The standard InChI is InChI=1S/C32H25F2NO4S2/c33-29-11-10-28(20-30(29)34)41(37,38)35-32(36)12-9-26-8-6-23(17-24-14-16-40-21-24)19-31(26)39-15-13-22-5-7-25-3-1-2-4-27(25)18-22/h1-12,14,16,18-21H,13,15,17H2,(H,35,36)/b12-9+. The van der Waals surface area contributed by atoms with Crippen molar-refractivity contribution in [1.82, 2.24) is 4.72 Å². The number of ether oxygens (including phenoxy) is 1. The Hall–Kier alpha value is -4.34. The van der Waals surface area contributed by atoms with Crippen LogP contribution >= 0.6 is 11.3 Å². The molecule has 5 rings (SSSR count). The Balaban J connectivity index is 1.31. The normalized spacial score (nSPS) is 11.7. The number of sulfonamides is 1. The summed E-state index contributed by atoms with van der Waals surface area (Å²) >= 11 is 1.62. The topological polar surface area (TPSA) is 72.5 Å². The zero-order valence-corrected chi connectivity index (χ0v) is 23.4. The van der Waals surface area contributed by atoms with E-state index in [4.69, 9.17) is 4.74 Å². The SMILES string of the molecule is O=C(/C=C/c1ccc(Cc2ccsc2)cc1OCCc1ccc2ccccc2c1)NS(=O)(=O)c1ccc(F)c(F)c1. The zero-order valence-electron chi connectivity index (χ0n) is 21.7. The highest BCUT2D eigenvalue weighted by Crippen LogP contribution is 2.25. The van der Waals surface area contributed by atoms with Gasteiger partial charge in [0.15, 0.2) is 11.6 Å². The van der Waals surface area contributed by atoms with Gasteiger partial charge < -0.3 is 4.74 Å². The molecule has 5 aromatic rings. The van der Waals surface area contributed by atoms with Gasteiger partial charge in [0.05, 0.1) is 11.5 Å². The van der Waals surface area contributed by atoms with Crippen LogP contribution in [0.3, 0.4) is 0 Å². The number of fused-ring (bicyclic) bond motifs is 1. The summed E-state index contributed by atoms with van der Waals surface area (Å²) in [5, 5.41) is 6.40. The lowest BCUT2D eigenvalue weighted by Gasteiger charge is -2.12. The molecule has 0 radical (unpaired) electrons. The lowest BCUT2D eigenvalue weighted by atomic mass is 10.0. The first kappa shape index (κ1) is 28.2. The number of rotatable bonds is 10. The molecule has 0 bridgehead atoms. The minimum atomic E-state index is -4.40. The summed E-state index contributed by atoms with van der Waals surface area (Å²) in [6, 6.07) is 24.2.